The second kappa shape index (κ2) is 15.1. The molecule has 5 N–H and O–H groups in total. The summed E-state index contributed by atoms with van der Waals surface area (Å²) in [7, 11) is 1.47. The van der Waals surface area contributed by atoms with E-state index in [1.54, 1.807) is 45.0 Å². The highest BCUT2D eigenvalue weighted by molar-refractivity contribution is 6.37. The van der Waals surface area contributed by atoms with E-state index in [0.717, 1.165) is 12.8 Å². The van der Waals surface area contributed by atoms with Crippen LogP contribution in [0.2, 0.25) is 0 Å². The highest BCUT2D eigenvalue weighted by Gasteiger charge is 2.48. The lowest BCUT2D eigenvalue weighted by atomic mass is 9.84. The van der Waals surface area contributed by atoms with Crippen LogP contribution in [0.3, 0.4) is 0 Å². The highest BCUT2D eigenvalue weighted by atomic mass is 16.5. The number of urea groups is 1. The Balaban J connectivity index is 1.84. The van der Waals surface area contributed by atoms with Crippen LogP contribution in [0, 0.1) is 29.1 Å². The predicted molar refractivity (Wildman–Crippen MR) is 173 cm³/mol. The van der Waals surface area contributed by atoms with Crippen LogP contribution in [0.1, 0.15) is 84.5 Å². The normalized spacial score (nSPS) is 20.1. The fraction of sp³-hybridized carbons (Fsp3) is 0.647. The number of Topliss-reactive ketones (excluding diaryl/α,β-unsaturated/α-hetero) is 2. The summed E-state index contributed by atoms with van der Waals surface area (Å²) in [6.07, 6.45) is 2.68. The maximum absolute atomic E-state index is 14.3. The number of ketones is 2. The number of hydrogen-bond donors (Lipinski definition) is 4. The quantitative estimate of drug-likeness (QED) is 0.178. The van der Waals surface area contributed by atoms with Crippen LogP contribution < -0.4 is 26.4 Å². The SMILES string of the molecule is COc1ccccc1C(=O)[C@@H](NC(=O)N[C@H](C(=O)N1CC[C@H](C(C)C)[C@H]1C(=O)NC(CC1CC1)C(=O)C(N)=O)C(C)(C)C)C(C)C. The van der Waals surface area contributed by atoms with Crippen LogP contribution in [-0.4, -0.2) is 78.0 Å². The molecule has 5 amide bonds. The number of nitrogens with two attached hydrogens (primary N) is 1. The maximum atomic E-state index is 14.3. The zero-order valence-corrected chi connectivity index (χ0v) is 28.3. The van der Waals surface area contributed by atoms with E-state index in [9.17, 15) is 28.8 Å². The van der Waals surface area contributed by atoms with Crippen molar-refractivity contribution >= 4 is 35.3 Å². The summed E-state index contributed by atoms with van der Waals surface area (Å²) in [5.74, 6) is -3.13. The smallest absolute Gasteiger partial charge is 0.316 e. The van der Waals surface area contributed by atoms with Crippen molar-refractivity contribution in [1.29, 1.82) is 0 Å². The maximum Gasteiger partial charge on any atom is 0.316 e. The number of amides is 5. The van der Waals surface area contributed by atoms with E-state index in [-0.39, 0.29) is 36.0 Å². The van der Waals surface area contributed by atoms with Crippen LogP contribution in [-0.2, 0) is 19.2 Å². The molecule has 1 aromatic carbocycles. The first-order valence-electron chi connectivity index (χ1n) is 16.2. The van der Waals surface area contributed by atoms with E-state index in [0.29, 0.717) is 24.2 Å². The first-order valence-corrected chi connectivity index (χ1v) is 16.2. The molecule has 1 aliphatic carbocycles. The fourth-order valence-corrected chi connectivity index (χ4v) is 6.12. The minimum Gasteiger partial charge on any atom is -0.496 e. The van der Waals surface area contributed by atoms with Gasteiger partial charge in [-0.3, -0.25) is 24.0 Å². The van der Waals surface area contributed by atoms with Gasteiger partial charge in [-0.2, -0.15) is 0 Å². The van der Waals surface area contributed by atoms with Crippen LogP contribution in [0.25, 0.3) is 0 Å². The molecule has 1 unspecified atom stereocenters. The average Bonchev–Trinajstić information content (AvgIpc) is 3.69. The Morgan fingerprint density at radius 1 is 0.957 bits per heavy atom. The molecular weight excluding hydrogens is 590 g/mol. The van der Waals surface area contributed by atoms with Gasteiger partial charge in [-0.05, 0) is 54.1 Å². The number of methoxy groups -OCH3 is 1. The third kappa shape index (κ3) is 8.85. The average molecular weight is 642 g/mol. The Labute approximate surface area is 271 Å². The number of primary amides is 1. The standard InChI is InChI=1S/C34H51N5O7/c1-18(2)21-15-16-39(26(21)31(43)36-23(17-20-13-14-20)28(41)30(35)42)32(44)29(34(5,6)7)38-33(45)37-25(19(3)4)27(40)22-11-9-10-12-24(22)46-8/h9-12,18-21,23,25-26,29H,13-17H2,1-8H3,(H2,35,42)(H,36,43)(H2,37,38,45)/t21-,23?,25+,26+,29-/m1/s1. The van der Waals surface area contributed by atoms with Crippen molar-refractivity contribution < 1.29 is 33.5 Å². The molecule has 2 aliphatic rings. The molecule has 12 nitrogen and oxygen atoms in total. The number of benzene rings is 1. The number of nitrogens with one attached hydrogen (secondary N) is 3. The number of likely N-dealkylation sites (tertiary alicyclic amines) is 1. The summed E-state index contributed by atoms with van der Waals surface area (Å²) in [4.78, 5) is 80.9. The third-order valence-corrected chi connectivity index (χ3v) is 8.99. The van der Waals surface area contributed by atoms with Gasteiger partial charge in [0.05, 0.1) is 24.8 Å². The number of carbonyl (C=O) groups excluding carboxylic acids is 6. The Hall–Kier alpha value is -3.96. The number of nitrogens with zero attached hydrogens (tertiary/aromatic N) is 1. The van der Waals surface area contributed by atoms with Crippen molar-refractivity contribution in [2.24, 2.45) is 34.8 Å². The zero-order valence-electron chi connectivity index (χ0n) is 28.3. The lowest BCUT2D eigenvalue weighted by Gasteiger charge is -2.37. The fourth-order valence-electron chi connectivity index (χ4n) is 6.12. The topological polar surface area (TPSA) is 177 Å². The molecule has 12 heteroatoms. The van der Waals surface area contributed by atoms with Gasteiger partial charge in [-0.15, -0.1) is 0 Å². The molecule has 1 aliphatic heterocycles. The van der Waals surface area contributed by atoms with Gasteiger partial charge < -0.3 is 31.3 Å². The molecule has 1 aromatic rings. The second-order valence-electron chi connectivity index (χ2n) is 14.3. The van der Waals surface area contributed by atoms with E-state index < -0.39 is 59.1 Å². The van der Waals surface area contributed by atoms with Crippen molar-refractivity contribution in [3.8, 4) is 5.75 Å². The van der Waals surface area contributed by atoms with Crippen molar-refractivity contribution in [1.82, 2.24) is 20.9 Å². The molecule has 1 saturated heterocycles. The summed E-state index contributed by atoms with van der Waals surface area (Å²) in [5.41, 5.74) is 4.84. The summed E-state index contributed by atoms with van der Waals surface area (Å²) >= 11 is 0. The monoisotopic (exact) mass is 641 g/mol. The van der Waals surface area contributed by atoms with Gasteiger partial charge in [-0.25, -0.2) is 4.79 Å². The molecule has 46 heavy (non-hydrogen) atoms. The van der Waals surface area contributed by atoms with E-state index in [4.69, 9.17) is 10.5 Å². The Bertz CT molecular complexity index is 1320. The minimum atomic E-state index is -1.11. The molecular formula is C34H51N5O7. The molecule has 1 saturated carbocycles. The molecule has 0 radical (unpaired) electrons. The van der Waals surface area contributed by atoms with E-state index >= 15 is 0 Å². The van der Waals surface area contributed by atoms with Gasteiger partial charge in [0.25, 0.3) is 5.91 Å². The van der Waals surface area contributed by atoms with E-state index in [1.807, 2.05) is 27.7 Å². The summed E-state index contributed by atoms with van der Waals surface area (Å²) < 4.78 is 5.35. The Kier molecular flexibility index (Phi) is 12.0. The van der Waals surface area contributed by atoms with Gasteiger partial charge in [-0.1, -0.05) is 73.4 Å². The van der Waals surface area contributed by atoms with E-state index in [1.165, 1.54) is 12.0 Å². The third-order valence-electron chi connectivity index (χ3n) is 8.99. The second-order valence-corrected chi connectivity index (χ2v) is 14.3. The van der Waals surface area contributed by atoms with Crippen molar-refractivity contribution in [2.45, 2.75) is 98.3 Å². The van der Waals surface area contributed by atoms with Crippen LogP contribution in [0.5, 0.6) is 5.75 Å². The highest BCUT2D eigenvalue weighted by Crippen LogP contribution is 2.35. The largest absolute Gasteiger partial charge is 0.496 e. The lowest BCUT2D eigenvalue weighted by Crippen LogP contribution is -2.62. The first-order chi connectivity index (χ1) is 21.5. The van der Waals surface area contributed by atoms with Gasteiger partial charge in [0, 0.05) is 6.54 Å². The number of para-hydroxylation sites is 1. The van der Waals surface area contributed by atoms with Crippen molar-refractivity contribution in [2.75, 3.05) is 13.7 Å². The van der Waals surface area contributed by atoms with Gasteiger partial charge >= 0.3 is 6.03 Å². The first kappa shape index (κ1) is 36.5. The molecule has 3 rings (SSSR count). The number of rotatable bonds is 14. The number of carbonyl (C=O) groups is 6. The number of ether oxygens (including phenoxy) is 1. The summed E-state index contributed by atoms with van der Waals surface area (Å²) in [6.45, 7) is 13.2. The summed E-state index contributed by atoms with van der Waals surface area (Å²) in [5, 5.41) is 8.30. The van der Waals surface area contributed by atoms with Gasteiger partial charge in [0.15, 0.2) is 5.78 Å². The molecule has 2 fully saturated rings. The van der Waals surface area contributed by atoms with Crippen molar-refractivity contribution in [3.05, 3.63) is 29.8 Å². The Morgan fingerprint density at radius 3 is 2.11 bits per heavy atom. The lowest BCUT2D eigenvalue weighted by molar-refractivity contribution is -0.144. The van der Waals surface area contributed by atoms with Crippen LogP contribution in [0.15, 0.2) is 24.3 Å². The predicted octanol–water partition coefficient (Wildman–Crippen LogP) is 2.83. The zero-order chi connectivity index (χ0) is 34.5. The van der Waals surface area contributed by atoms with Crippen molar-refractivity contribution in [3.63, 3.8) is 0 Å². The molecule has 254 valence electrons. The minimum absolute atomic E-state index is 0.0272. The molecule has 0 aromatic heterocycles. The van der Waals surface area contributed by atoms with Gasteiger partial charge in [0.2, 0.25) is 17.6 Å². The summed E-state index contributed by atoms with van der Waals surface area (Å²) in [6, 6.07) is 2.13. The number of hydrogen-bond acceptors (Lipinski definition) is 7. The van der Waals surface area contributed by atoms with E-state index in [2.05, 4.69) is 16.0 Å². The van der Waals surface area contributed by atoms with Gasteiger partial charge in [0.1, 0.15) is 17.8 Å². The molecule has 5 atom stereocenters. The van der Waals surface area contributed by atoms with Crippen LogP contribution >= 0.6 is 0 Å². The molecule has 1 heterocycles. The Morgan fingerprint density at radius 2 is 1.59 bits per heavy atom. The van der Waals surface area contributed by atoms with Crippen LogP contribution in [0.4, 0.5) is 4.79 Å². The molecule has 0 spiro atoms. The molecule has 0 bridgehead atoms.